The Balaban J connectivity index is 2.87. The molecule has 0 unspecified atom stereocenters. The molecular formula is C14H19NO4. The fourth-order valence-corrected chi connectivity index (χ4v) is 1.43. The van der Waals surface area contributed by atoms with Crippen molar-refractivity contribution in [2.24, 2.45) is 0 Å². The smallest absolute Gasteiger partial charge is 0.269 e. The van der Waals surface area contributed by atoms with Crippen molar-refractivity contribution in [2.75, 3.05) is 27.9 Å². The van der Waals surface area contributed by atoms with E-state index in [1.54, 1.807) is 26.3 Å². The maximum atomic E-state index is 11.5. The summed E-state index contributed by atoms with van der Waals surface area (Å²) in [5, 5.41) is 1.14. The molecule has 0 heterocycles. The molecule has 0 atom stereocenters. The van der Waals surface area contributed by atoms with Crippen molar-refractivity contribution in [3.05, 3.63) is 29.8 Å². The van der Waals surface area contributed by atoms with Gasteiger partial charge in [0.2, 0.25) is 0 Å². The van der Waals surface area contributed by atoms with E-state index in [2.05, 4.69) is 0 Å². The largest absolute Gasteiger partial charge is 0.493 e. The second-order valence-corrected chi connectivity index (χ2v) is 3.69. The molecule has 0 radical (unpaired) electrons. The molecule has 104 valence electrons. The third-order valence-electron chi connectivity index (χ3n) is 2.49. The van der Waals surface area contributed by atoms with E-state index in [9.17, 15) is 4.79 Å². The van der Waals surface area contributed by atoms with Crippen molar-refractivity contribution in [3.8, 4) is 11.5 Å². The highest BCUT2D eigenvalue weighted by molar-refractivity contribution is 5.90. The minimum atomic E-state index is -0.240. The second-order valence-electron chi connectivity index (χ2n) is 3.69. The van der Waals surface area contributed by atoms with Gasteiger partial charge in [0.15, 0.2) is 11.5 Å². The van der Waals surface area contributed by atoms with Crippen LogP contribution in [0.4, 0.5) is 0 Å². The predicted molar refractivity (Wildman–Crippen MR) is 73.0 cm³/mol. The summed E-state index contributed by atoms with van der Waals surface area (Å²) in [4.78, 5) is 16.3. The average molecular weight is 265 g/mol. The molecule has 0 aliphatic heterocycles. The molecule has 0 aliphatic rings. The number of carbonyl (C=O) groups excluding carboxylic acids is 1. The number of nitrogens with zero attached hydrogens (tertiary/aromatic N) is 1. The van der Waals surface area contributed by atoms with Crippen molar-refractivity contribution in [1.29, 1.82) is 0 Å². The number of ether oxygens (including phenoxy) is 2. The molecule has 0 saturated carbocycles. The van der Waals surface area contributed by atoms with Crippen LogP contribution in [-0.2, 0) is 9.63 Å². The van der Waals surface area contributed by atoms with Gasteiger partial charge in [0.05, 0.1) is 20.8 Å². The topological polar surface area (TPSA) is 48.0 Å². The normalized spacial score (nSPS) is 10.5. The van der Waals surface area contributed by atoms with Gasteiger partial charge in [-0.1, -0.05) is 6.07 Å². The van der Waals surface area contributed by atoms with Crippen LogP contribution >= 0.6 is 0 Å². The van der Waals surface area contributed by atoms with Gasteiger partial charge in [-0.15, -0.1) is 0 Å². The Labute approximate surface area is 113 Å². The number of amides is 1. The zero-order valence-corrected chi connectivity index (χ0v) is 11.7. The molecule has 0 bridgehead atoms. The molecule has 0 N–H and O–H groups in total. The van der Waals surface area contributed by atoms with Crippen LogP contribution in [0.15, 0.2) is 24.3 Å². The van der Waals surface area contributed by atoms with Gasteiger partial charge in [-0.05, 0) is 30.7 Å². The maximum absolute atomic E-state index is 11.5. The number of benzene rings is 1. The van der Waals surface area contributed by atoms with Crippen LogP contribution in [0.2, 0.25) is 0 Å². The Morgan fingerprint density at radius 3 is 2.63 bits per heavy atom. The van der Waals surface area contributed by atoms with E-state index in [0.29, 0.717) is 18.1 Å². The average Bonchev–Trinajstić information content (AvgIpc) is 2.44. The summed E-state index contributed by atoms with van der Waals surface area (Å²) >= 11 is 0. The van der Waals surface area contributed by atoms with Gasteiger partial charge in [0.25, 0.3) is 5.91 Å². The van der Waals surface area contributed by atoms with Gasteiger partial charge in [-0.3, -0.25) is 9.63 Å². The van der Waals surface area contributed by atoms with Crippen molar-refractivity contribution in [2.45, 2.75) is 6.92 Å². The van der Waals surface area contributed by atoms with Gasteiger partial charge in [0, 0.05) is 13.1 Å². The van der Waals surface area contributed by atoms with Crippen LogP contribution in [-0.4, -0.2) is 38.8 Å². The summed E-state index contributed by atoms with van der Waals surface area (Å²) in [5.41, 5.74) is 0.849. The molecule has 5 nitrogen and oxygen atoms in total. The molecule has 1 rings (SSSR count). The van der Waals surface area contributed by atoms with E-state index in [4.69, 9.17) is 14.3 Å². The standard InChI is InChI=1S/C14H19NO4/c1-5-19-13-10-11(6-8-12(13)17-3)7-9-14(16)15(2)18-4/h6-10H,5H2,1-4H3. The molecule has 1 aromatic rings. The molecule has 19 heavy (non-hydrogen) atoms. The highest BCUT2D eigenvalue weighted by Crippen LogP contribution is 2.28. The first-order chi connectivity index (χ1) is 9.12. The maximum Gasteiger partial charge on any atom is 0.269 e. The number of likely N-dealkylation sites (N-methyl/N-ethyl adjacent to an activating group) is 1. The third kappa shape index (κ3) is 4.30. The first-order valence-electron chi connectivity index (χ1n) is 5.93. The van der Waals surface area contributed by atoms with E-state index in [-0.39, 0.29) is 5.91 Å². The summed E-state index contributed by atoms with van der Waals surface area (Å²) in [6.45, 7) is 2.45. The number of hydroxylamine groups is 2. The van der Waals surface area contributed by atoms with E-state index >= 15 is 0 Å². The molecular weight excluding hydrogens is 246 g/mol. The lowest BCUT2D eigenvalue weighted by Crippen LogP contribution is -2.22. The Morgan fingerprint density at radius 2 is 2.05 bits per heavy atom. The van der Waals surface area contributed by atoms with Crippen LogP contribution in [0, 0.1) is 0 Å². The van der Waals surface area contributed by atoms with Crippen LogP contribution < -0.4 is 9.47 Å². The van der Waals surface area contributed by atoms with Crippen LogP contribution in [0.5, 0.6) is 11.5 Å². The number of hydrogen-bond acceptors (Lipinski definition) is 4. The predicted octanol–water partition coefficient (Wildman–Crippen LogP) is 2.13. The van der Waals surface area contributed by atoms with Crippen LogP contribution in [0.1, 0.15) is 12.5 Å². The lowest BCUT2D eigenvalue weighted by Gasteiger charge is -2.11. The Morgan fingerprint density at radius 1 is 1.32 bits per heavy atom. The van der Waals surface area contributed by atoms with Crippen LogP contribution in [0.25, 0.3) is 6.08 Å². The zero-order chi connectivity index (χ0) is 14.3. The van der Waals surface area contributed by atoms with Gasteiger partial charge in [0.1, 0.15) is 0 Å². The molecule has 1 amide bonds. The SMILES string of the molecule is CCOc1cc(C=CC(=O)N(C)OC)ccc1OC. The van der Waals surface area contributed by atoms with Crippen molar-refractivity contribution >= 4 is 12.0 Å². The van der Waals surface area contributed by atoms with Crippen LogP contribution in [0.3, 0.4) is 0 Å². The summed E-state index contributed by atoms with van der Waals surface area (Å²) in [5.74, 6) is 1.08. The zero-order valence-electron chi connectivity index (χ0n) is 11.7. The number of rotatable bonds is 6. The third-order valence-corrected chi connectivity index (χ3v) is 2.49. The second kappa shape index (κ2) is 7.43. The summed E-state index contributed by atoms with van der Waals surface area (Å²) in [7, 11) is 4.57. The molecule has 0 spiro atoms. The van der Waals surface area contributed by atoms with E-state index in [0.717, 1.165) is 10.6 Å². The molecule has 0 aromatic heterocycles. The highest BCUT2D eigenvalue weighted by Gasteiger charge is 2.05. The fourth-order valence-electron chi connectivity index (χ4n) is 1.43. The quantitative estimate of drug-likeness (QED) is 0.584. The fraction of sp³-hybridized carbons (Fsp3) is 0.357. The minimum Gasteiger partial charge on any atom is -0.493 e. The first kappa shape index (κ1) is 15.0. The van der Waals surface area contributed by atoms with Crippen molar-refractivity contribution in [3.63, 3.8) is 0 Å². The monoisotopic (exact) mass is 265 g/mol. The number of hydrogen-bond donors (Lipinski definition) is 0. The van der Waals surface area contributed by atoms with Gasteiger partial charge in [-0.25, -0.2) is 5.06 Å². The van der Waals surface area contributed by atoms with Gasteiger partial charge < -0.3 is 9.47 Å². The minimum absolute atomic E-state index is 0.240. The Bertz CT molecular complexity index is 457. The molecule has 1 aromatic carbocycles. The van der Waals surface area contributed by atoms with E-state index < -0.39 is 0 Å². The lowest BCUT2D eigenvalue weighted by molar-refractivity contribution is -0.162. The van der Waals surface area contributed by atoms with E-state index in [1.807, 2.05) is 19.1 Å². The Hall–Kier alpha value is -2.01. The Kier molecular flexibility index (Phi) is 5.89. The van der Waals surface area contributed by atoms with Gasteiger partial charge >= 0.3 is 0 Å². The molecule has 0 aliphatic carbocycles. The summed E-state index contributed by atoms with van der Waals surface area (Å²) < 4.78 is 10.7. The highest BCUT2D eigenvalue weighted by atomic mass is 16.7. The van der Waals surface area contributed by atoms with Crippen molar-refractivity contribution in [1.82, 2.24) is 5.06 Å². The summed E-state index contributed by atoms with van der Waals surface area (Å²) in [6.07, 6.45) is 3.13. The van der Waals surface area contributed by atoms with Gasteiger partial charge in [-0.2, -0.15) is 0 Å². The number of carbonyl (C=O) groups is 1. The lowest BCUT2D eigenvalue weighted by atomic mass is 10.2. The van der Waals surface area contributed by atoms with Crippen molar-refractivity contribution < 1.29 is 19.1 Å². The van der Waals surface area contributed by atoms with E-state index in [1.165, 1.54) is 13.2 Å². The molecule has 0 saturated heterocycles. The molecule has 0 fully saturated rings. The first-order valence-corrected chi connectivity index (χ1v) is 5.93. The molecule has 5 heteroatoms. The number of methoxy groups -OCH3 is 1. The summed E-state index contributed by atoms with van der Waals surface area (Å²) in [6, 6.07) is 5.46.